The molecule has 102 valence electrons. The number of nitrogens with one attached hydrogen (secondary N) is 2. The van der Waals surface area contributed by atoms with Gasteiger partial charge in [-0.05, 0) is 5.92 Å². The molecule has 1 aromatic heterocycles. The molecule has 0 saturated carbocycles. The van der Waals surface area contributed by atoms with Crippen molar-refractivity contribution in [2.24, 2.45) is 0 Å². The second-order valence-electron chi connectivity index (χ2n) is 4.49. The van der Waals surface area contributed by atoms with Crippen LogP contribution in [-0.4, -0.2) is 43.9 Å². The van der Waals surface area contributed by atoms with Gasteiger partial charge in [-0.15, -0.1) is 11.3 Å². The summed E-state index contributed by atoms with van der Waals surface area (Å²) in [5.41, 5.74) is 0.915. The van der Waals surface area contributed by atoms with E-state index in [4.69, 9.17) is 0 Å². The first kappa shape index (κ1) is 13.7. The van der Waals surface area contributed by atoms with Crippen LogP contribution >= 0.6 is 11.3 Å². The third-order valence-corrected chi connectivity index (χ3v) is 5.15. The molecule has 2 rings (SSSR count). The van der Waals surface area contributed by atoms with Crippen LogP contribution in [0.25, 0.3) is 0 Å². The van der Waals surface area contributed by atoms with E-state index in [2.05, 4.69) is 15.0 Å². The van der Waals surface area contributed by atoms with E-state index in [0.717, 1.165) is 5.69 Å². The van der Waals surface area contributed by atoms with Crippen molar-refractivity contribution >= 4 is 26.7 Å². The quantitative estimate of drug-likeness (QED) is 0.861. The first-order valence-corrected chi connectivity index (χ1v) is 8.25. The molecule has 1 aliphatic rings. The fourth-order valence-corrected chi connectivity index (χ4v) is 3.94. The fourth-order valence-electron chi connectivity index (χ4n) is 1.66. The smallest absolute Gasteiger partial charge is 0.303 e. The van der Waals surface area contributed by atoms with Gasteiger partial charge >= 0.3 is 10.2 Å². The summed E-state index contributed by atoms with van der Waals surface area (Å²) < 4.78 is 28.2. The standard InChI is InChI=1S/C10H18N4O2S2/c1-8(2)9-7-17-10(12-9)13-18(15,16)14-5-3-11-4-6-14/h7-8,11H,3-6H2,1-2H3,(H,12,13). The molecule has 0 atom stereocenters. The van der Waals surface area contributed by atoms with E-state index >= 15 is 0 Å². The van der Waals surface area contributed by atoms with Crippen molar-refractivity contribution < 1.29 is 8.42 Å². The topological polar surface area (TPSA) is 74.3 Å². The molecule has 6 nitrogen and oxygen atoms in total. The molecule has 0 radical (unpaired) electrons. The molecular weight excluding hydrogens is 272 g/mol. The summed E-state index contributed by atoms with van der Waals surface area (Å²) in [5, 5.41) is 5.45. The lowest BCUT2D eigenvalue weighted by Gasteiger charge is -2.26. The average molecular weight is 290 g/mol. The van der Waals surface area contributed by atoms with Crippen molar-refractivity contribution in [1.82, 2.24) is 14.6 Å². The minimum atomic E-state index is -3.46. The van der Waals surface area contributed by atoms with Crippen molar-refractivity contribution in [3.63, 3.8) is 0 Å². The van der Waals surface area contributed by atoms with Crippen LogP contribution in [0.1, 0.15) is 25.5 Å². The van der Waals surface area contributed by atoms with Crippen LogP contribution in [0, 0.1) is 0 Å². The zero-order chi connectivity index (χ0) is 13.2. The molecule has 8 heteroatoms. The molecule has 0 spiro atoms. The lowest BCUT2D eigenvalue weighted by Crippen LogP contribution is -2.48. The van der Waals surface area contributed by atoms with Crippen LogP contribution in [0.4, 0.5) is 5.13 Å². The molecule has 0 aromatic carbocycles. The van der Waals surface area contributed by atoms with Crippen molar-refractivity contribution in [3.05, 3.63) is 11.1 Å². The van der Waals surface area contributed by atoms with Crippen LogP contribution in [-0.2, 0) is 10.2 Å². The second kappa shape index (κ2) is 5.52. The van der Waals surface area contributed by atoms with Crippen LogP contribution < -0.4 is 10.0 Å². The maximum absolute atomic E-state index is 12.1. The largest absolute Gasteiger partial charge is 0.314 e. The number of aromatic nitrogens is 1. The van der Waals surface area contributed by atoms with Gasteiger partial charge in [-0.1, -0.05) is 13.8 Å². The third-order valence-electron chi connectivity index (χ3n) is 2.75. The molecule has 18 heavy (non-hydrogen) atoms. The summed E-state index contributed by atoms with van der Waals surface area (Å²) in [4.78, 5) is 4.28. The van der Waals surface area contributed by atoms with Gasteiger partial charge in [0.25, 0.3) is 0 Å². The number of anilines is 1. The molecule has 0 amide bonds. The summed E-state index contributed by atoms with van der Waals surface area (Å²) in [6.07, 6.45) is 0. The van der Waals surface area contributed by atoms with Gasteiger partial charge in [0.2, 0.25) is 0 Å². The van der Waals surface area contributed by atoms with Gasteiger partial charge in [0.1, 0.15) is 0 Å². The van der Waals surface area contributed by atoms with E-state index in [1.807, 2.05) is 19.2 Å². The van der Waals surface area contributed by atoms with Crippen molar-refractivity contribution in [1.29, 1.82) is 0 Å². The Hall–Kier alpha value is -0.700. The van der Waals surface area contributed by atoms with Crippen LogP contribution in [0.15, 0.2) is 5.38 Å². The Balaban J connectivity index is 2.06. The summed E-state index contributed by atoms with van der Waals surface area (Å²) in [5.74, 6) is 0.304. The fraction of sp³-hybridized carbons (Fsp3) is 0.700. The average Bonchev–Trinajstić information content (AvgIpc) is 2.78. The predicted octanol–water partition coefficient (Wildman–Crippen LogP) is 0.828. The molecule has 1 fully saturated rings. The van der Waals surface area contributed by atoms with Gasteiger partial charge in [-0.2, -0.15) is 12.7 Å². The highest BCUT2D eigenvalue weighted by Gasteiger charge is 2.24. The van der Waals surface area contributed by atoms with Crippen molar-refractivity contribution in [3.8, 4) is 0 Å². The Bertz CT molecular complexity index is 492. The molecule has 2 N–H and O–H groups in total. The lowest BCUT2D eigenvalue weighted by atomic mass is 10.2. The molecule has 0 aliphatic carbocycles. The second-order valence-corrected chi connectivity index (χ2v) is 7.02. The number of hydrogen-bond donors (Lipinski definition) is 2. The molecule has 0 bridgehead atoms. The molecule has 1 saturated heterocycles. The molecular formula is C10H18N4O2S2. The molecule has 0 unspecified atom stereocenters. The zero-order valence-corrected chi connectivity index (χ0v) is 12.1. The van der Waals surface area contributed by atoms with E-state index in [-0.39, 0.29) is 0 Å². The van der Waals surface area contributed by atoms with Crippen LogP contribution in [0.5, 0.6) is 0 Å². The Morgan fingerprint density at radius 2 is 2.11 bits per heavy atom. The Kier molecular flexibility index (Phi) is 4.21. The lowest BCUT2D eigenvalue weighted by molar-refractivity contribution is 0.362. The SMILES string of the molecule is CC(C)c1csc(NS(=O)(=O)N2CCNCC2)n1. The molecule has 1 aromatic rings. The highest BCUT2D eigenvalue weighted by molar-refractivity contribution is 7.90. The number of nitrogens with zero attached hydrogens (tertiary/aromatic N) is 2. The van der Waals surface area contributed by atoms with Crippen LogP contribution in [0.2, 0.25) is 0 Å². The van der Waals surface area contributed by atoms with Gasteiger partial charge in [-0.25, -0.2) is 9.71 Å². The van der Waals surface area contributed by atoms with E-state index < -0.39 is 10.2 Å². The number of piperazine rings is 1. The molecule has 2 heterocycles. The highest BCUT2D eigenvalue weighted by Crippen LogP contribution is 2.22. The van der Waals surface area contributed by atoms with Gasteiger partial charge in [0.15, 0.2) is 5.13 Å². The summed E-state index contributed by atoms with van der Waals surface area (Å²) in [6, 6.07) is 0. The van der Waals surface area contributed by atoms with E-state index in [9.17, 15) is 8.42 Å². The number of rotatable bonds is 4. The highest BCUT2D eigenvalue weighted by atomic mass is 32.2. The number of thiazole rings is 1. The Morgan fingerprint density at radius 3 is 2.67 bits per heavy atom. The minimum Gasteiger partial charge on any atom is -0.314 e. The summed E-state index contributed by atoms with van der Waals surface area (Å²) in [6.45, 7) is 6.44. The molecule has 1 aliphatic heterocycles. The predicted molar refractivity (Wildman–Crippen MR) is 73.2 cm³/mol. The summed E-state index contributed by atoms with van der Waals surface area (Å²) in [7, 11) is -3.46. The first-order valence-electron chi connectivity index (χ1n) is 5.93. The van der Waals surface area contributed by atoms with Gasteiger partial charge < -0.3 is 5.32 Å². The van der Waals surface area contributed by atoms with Gasteiger partial charge in [0, 0.05) is 31.6 Å². The Morgan fingerprint density at radius 1 is 1.44 bits per heavy atom. The first-order chi connectivity index (χ1) is 8.49. The van der Waals surface area contributed by atoms with E-state index in [0.29, 0.717) is 37.2 Å². The van der Waals surface area contributed by atoms with Crippen LogP contribution in [0.3, 0.4) is 0 Å². The summed E-state index contributed by atoms with van der Waals surface area (Å²) >= 11 is 1.33. The monoisotopic (exact) mass is 290 g/mol. The van der Waals surface area contributed by atoms with E-state index in [1.54, 1.807) is 0 Å². The third kappa shape index (κ3) is 3.19. The maximum Gasteiger partial charge on any atom is 0.303 e. The maximum atomic E-state index is 12.1. The van der Waals surface area contributed by atoms with Gasteiger partial charge in [-0.3, -0.25) is 0 Å². The van der Waals surface area contributed by atoms with Crippen molar-refractivity contribution in [2.45, 2.75) is 19.8 Å². The number of hydrogen-bond acceptors (Lipinski definition) is 5. The zero-order valence-electron chi connectivity index (χ0n) is 10.5. The normalized spacial score (nSPS) is 18.2. The minimum absolute atomic E-state index is 0.304. The van der Waals surface area contributed by atoms with Gasteiger partial charge in [0.05, 0.1) is 5.69 Å². The Labute approximate surface area is 112 Å². The van der Waals surface area contributed by atoms with Crippen molar-refractivity contribution in [2.75, 3.05) is 30.9 Å². The van der Waals surface area contributed by atoms with E-state index in [1.165, 1.54) is 15.6 Å².